The zero-order valence-corrected chi connectivity index (χ0v) is 20.6. The number of hydrogen-bond donors (Lipinski definition) is 2. The molecule has 1 amide bonds. The third-order valence-corrected chi connectivity index (χ3v) is 6.14. The van der Waals surface area contributed by atoms with Crippen LogP contribution in [0.3, 0.4) is 0 Å². The number of benzene rings is 2. The Kier molecular flexibility index (Phi) is 9.16. The fourth-order valence-electron chi connectivity index (χ4n) is 4.03. The summed E-state index contributed by atoms with van der Waals surface area (Å²) in [5.41, 5.74) is 4.38. The van der Waals surface area contributed by atoms with Gasteiger partial charge in [-0.1, -0.05) is 31.2 Å². The lowest BCUT2D eigenvalue weighted by atomic mass is 9.99. The predicted octanol–water partition coefficient (Wildman–Crippen LogP) is 3.92. The maximum Gasteiger partial charge on any atom is 0.253 e. The first-order valence-electron chi connectivity index (χ1n) is 12.1. The van der Waals surface area contributed by atoms with Gasteiger partial charge in [0, 0.05) is 51.5 Å². The Labute approximate surface area is 199 Å². The molecule has 1 saturated heterocycles. The number of hydrogen-bond acceptors (Lipinski definition) is 3. The quantitative estimate of drug-likeness (QED) is 0.474. The second-order valence-corrected chi connectivity index (χ2v) is 9.11. The van der Waals surface area contributed by atoms with E-state index in [1.165, 1.54) is 24.1 Å². The number of aliphatic imine (C=N–C) groups is 1. The van der Waals surface area contributed by atoms with Crippen molar-refractivity contribution in [2.75, 3.05) is 45.2 Å². The molecule has 33 heavy (non-hydrogen) atoms. The van der Waals surface area contributed by atoms with Gasteiger partial charge in [-0.15, -0.1) is 0 Å². The Hall–Kier alpha value is -3.02. The number of amides is 1. The van der Waals surface area contributed by atoms with Crippen LogP contribution in [0.25, 0.3) is 0 Å². The number of nitrogens with one attached hydrogen (secondary N) is 2. The molecule has 6 nitrogen and oxygen atoms in total. The van der Waals surface area contributed by atoms with E-state index in [1.54, 1.807) is 19.0 Å². The maximum absolute atomic E-state index is 12.2. The van der Waals surface area contributed by atoms with Crippen LogP contribution in [-0.2, 0) is 13.0 Å². The van der Waals surface area contributed by atoms with Crippen LogP contribution in [0.5, 0.6) is 0 Å². The van der Waals surface area contributed by atoms with Crippen molar-refractivity contribution >= 4 is 17.6 Å². The highest BCUT2D eigenvalue weighted by molar-refractivity contribution is 5.94. The van der Waals surface area contributed by atoms with E-state index in [0.717, 1.165) is 55.6 Å². The Bertz CT molecular complexity index is 914. The van der Waals surface area contributed by atoms with Gasteiger partial charge in [0.1, 0.15) is 0 Å². The molecule has 1 fully saturated rings. The van der Waals surface area contributed by atoms with Gasteiger partial charge in [0.25, 0.3) is 5.91 Å². The van der Waals surface area contributed by atoms with E-state index >= 15 is 0 Å². The van der Waals surface area contributed by atoms with E-state index in [2.05, 4.69) is 59.7 Å². The largest absolute Gasteiger partial charge is 0.372 e. The van der Waals surface area contributed by atoms with E-state index in [0.29, 0.717) is 6.54 Å². The average molecular weight is 450 g/mol. The van der Waals surface area contributed by atoms with Crippen LogP contribution < -0.4 is 15.5 Å². The van der Waals surface area contributed by atoms with Crippen LogP contribution in [0.15, 0.2) is 53.5 Å². The first-order chi connectivity index (χ1) is 16.0. The molecule has 2 aromatic carbocycles. The minimum atomic E-state index is 0.0283. The highest BCUT2D eigenvalue weighted by atomic mass is 16.2. The number of piperidine rings is 1. The Morgan fingerprint density at radius 1 is 1.06 bits per heavy atom. The molecule has 0 aromatic heterocycles. The van der Waals surface area contributed by atoms with Gasteiger partial charge in [0.05, 0.1) is 6.54 Å². The number of nitrogens with zero attached hydrogens (tertiary/aromatic N) is 3. The van der Waals surface area contributed by atoms with Crippen molar-refractivity contribution in [2.45, 2.75) is 39.7 Å². The third-order valence-electron chi connectivity index (χ3n) is 6.14. The summed E-state index contributed by atoms with van der Waals surface area (Å²) in [4.78, 5) is 21.0. The lowest BCUT2D eigenvalue weighted by Crippen LogP contribution is -2.38. The molecule has 1 aliphatic heterocycles. The van der Waals surface area contributed by atoms with Crippen LogP contribution in [-0.4, -0.2) is 57.0 Å². The first-order valence-corrected chi connectivity index (χ1v) is 12.1. The number of rotatable bonds is 8. The van der Waals surface area contributed by atoms with Crippen molar-refractivity contribution in [3.05, 3.63) is 65.2 Å². The van der Waals surface area contributed by atoms with Crippen molar-refractivity contribution in [3.63, 3.8) is 0 Å². The standard InChI is InChI=1S/C27H39N5O/c1-5-28-27(29-16-13-22-7-6-8-24(19-22)26(33)31(3)4)30-20-23-9-11-25(12-10-23)32-17-14-21(2)15-18-32/h6-12,19,21H,5,13-18,20H2,1-4H3,(H2,28,29,30). The summed E-state index contributed by atoms with van der Waals surface area (Å²) in [5.74, 6) is 1.68. The minimum Gasteiger partial charge on any atom is -0.372 e. The van der Waals surface area contributed by atoms with E-state index in [-0.39, 0.29) is 5.91 Å². The molecule has 2 aromatic rings. The molecule has 178 valence electrons. The Morgan fingerprint density at radius 3 is 2.45 bits per heavy atom. The number of anilines is 1. The van der Waals surface area contributed by atoms with E-state index < -0.39 is 0 Å². The number of carbonyl (C=O) groups excluding carboxylic acids is 1. The predicted molar refractivity (Wildman–Crippen MR) is 138 cm³/mol. The van der Waals surface area contributed by atoms with Crippen LogP contribution >= 0.6 is 0 Å². The van der Waals surface area contributed by atoms with Crippen LogP contribution in [0.2, 0.25) is 0 Å². The summed E-state index contributed by atoms with van der Waals surface area (Å²) in [6.45, 7) is 8.92. The van der Waals surface area contributed by atoms with Gasteiger partial charge < -0.3 is 20.4 Å². The van der Waals surface area contributed by atoms with Gasteiger partial charge in [0.2, 0.25) is 0 Å². The molecule has 0 spiro atoms. The van der Waals surface area contributed by atoms with Crippen LogP contribution in [0.1, 0.15) is 48.2 Å². The molecule has 0 bridgehead atoms. The zero-order chi connectivity index (χ0) is 23.6. The number of guanidine groups is 1. The molecule has 1 heterocycles. The molecular weight excluding hydrogens is 410 g/mol. The average Bonchev–Trinajstić information content (AvgIpc) is 2.83. The monoisotopic (exact) mass is 449 g/mol. The van der Waals surface area contributed by atoms with Gasteiger partial charge in [0.15, 0.2) is 5.96 Å². The van der Waals surface area contributed by atoms with Gasteiger partial charge >= 0.3 is 0 Å². The van der Waals surface area contributed by atoms with Gasteiger partial charge in [-0.3, -0.25) is 4.79 Å². The summed E-state index contributed by atoms with van der Waals surface area (Å²) in [7, 11) is 3.55. The number of carbonyl (C=O) groups is 1. The van der Waals surface area contributed by atoms with Crippen LogP contribution in [0.4, 0.5) is 5.69 Å². The molecular formula is C27H39N5O. The molecule has 0 unspecified atom stereocenters. The van der Waals surface area contributed by atoms with Gasteiger partial charge in [-0.05, 0) is 67.5 Å². The maximum atomic E-state index is 12.2. The smallest absolute Gasteiger partial charge is 0.253 e. The van der Waals surface area contributed by atoms with Crippen LogP contribution in [0, 0.1) is 5.92 Å². The lowest BCUT2D eigenvalue weighted by Gasteiger charge is -2.32. The van der Waals surface area contributed by atoms with E-state index in [4.69, 9.17) is 4.99 Å². The van der Waals surface area contributed by atoms with Gasteiger partial charge in [-0.25, -0.2) is 4.99 Å². The van der Waals surface area contributed by atoms with Gasteiger partial charge in [-0.2, -0.15) is 0 Å². The summed E-state index contributed by atoms with van der Waals surface area (Å²) in [5, 5.41) is 6.73. The zero-order valence-electron chi connectivity index (χ0n) is 20.6. The molecule has 0 saturated carbocycles. The van der Waals surface area contributed by atoms with E-state index in [1.807, 2.05) is 18.2 Å². The fraction of sp³-hybridized carbons (Fsp3) is 0.481. The second-order valence-electron chi connectivity index (χ2n) is 9.11. The second kappa shape index (κ2) is 12.3. The summed E-state index contributed by atoms with van der Waals surface area (Å²) in [6, 6.07) is 16.7. The molecule has 6 heteroatoms. The molecule has 2 N–H and O–H groups in total. The topological polar surface area (TPSA) is 60.0 Å². The first kappa shape index (κ1) is 24.6. The molecule has 3 rings (SSSR count). The minimum absolute atomic E-state index is 0.0283. The van der Waals surface area contributed by atoms with Crippen molar-refractivity contribution < 1.29 is 4.79 Å². The summed E-state index contributed by atoms with van der Waals surface area (Å²) in [6.07, 6.45) is 3.38. The highest BCUT2D eigenvalue weighted by Crippen LogP contribution is 2.23. The van der Waals surface area contributed by atoms with Crippen molar-refractivity contribution in [1.82, 2.24) is 15.5 Å². The summed E-state index contributed by atoms with van der Waals surface area (Å²) < 4.78 is 0. The molecule has 1 aliphatic rings. The fourth-order valence-corrected chi connectivity index (χ4v) is 4.03. The normalized spacial score (nSPS) is 14.8. The molecule has 0 atom stereocenters. The van der Waals surface area contributed by atoms with Crippen molar-refractivity contribution in [3.8, 4) is 0 Å². The SMILES string of the molecule is CCNC(=NCc1ccc(N2CCC(C)CC2)cc1)NCCc1cccc(C(=O)N(C)C)c1. The highest BCUT2D eigenvalue weighted by Gasteiger charge is 2.15. The lowest BCUT2D eigenvalue weighted by molar-refractivity contribution is 0.0827. The molecule has 0 aliphatic carbocycles. The summed E-state index contributed by atoms with van der Waals surface area (Å²) >= 11 is 0. The van der Waals surface area contributed by atoms with Crippen molar-refractivity contribution in [1.29, 1.82) is 0 Å². The van der Waals surface area contributed by atoms with E-state index in [9.17, 15) is 4.79 Å². The third kappa shape index (κ3) is 7.52. The van der Waals surface area contributed by atoms with Crippen molar-refractivity contribution in [2.24, 2.45) is 10.9 Å². The Morgan fingerprint density at radius 2 is 1.79 bits per heavy atom. The Balaban J connectivity index is 1.52. The molecule has 0 radical (unpaired) electrons.